The number of unbranched alkanes of at least 4 members (excludes halogenated alkanes) is 1. The first-order valence-electron chi connectivity index (χ1n) is 7.90. The molecule has 1 aromatic rings. The minimum absolute atomic E-state index is 0.0203. The summed E-state index contributed by atoms with van der Waals surface area (Å²) in [4.78, 5) is 22.8. The number of carbonyl (C=O) groups excluding carboxylic acids is 2. The molecule has 2 N–H and O–H groups in total. The summed E-state index contributed by atoms with van der Waals surface area (Å²) in [6.07, 6.45) is 3.38. The van der Waals surface area contributed by atoms with Crippen molar-refractivity contribution in [3.63, 3.8) is 0 Å². The Kier molecular flexibility index (Phi) is 8.62. The van der Waals surface area contributed by atoms with Gasteiger partial charge in [-0.25, -0.2) is 0 Å². The van der Waals surface area contributed by atoms with Crippen LogP contribution in [0.1, 0.15) is 39.2 Å². The highest BCUT2D eigenvalue weighted by Crippen LogP contribution is 2.24. The number of hydrogen-bond donors (Lipinski definition) is 2. The maximum Gasteiger partial charge on any atom is 0.244 e. The zero-order valence-corrected chi connectivity index (χ0v) is 15.6. The van der Waals surface area contributed by atoms with E-state index in [1.807, 2.05) is 24.3 Å². The Bertz CT molecular complexity index is 551. The molecule has 0 aliphatic carbocycles. The van der Waals surface area contributed by atoms with Crippen LogP contribution in [0.15, 0.2) is 34.8 Å². The van der Waals surface area contributed by atoms with Gasteiger partial charge in [0.2, 0.25) is 11.8 Å². The molecule has 0 radical (unpaired) electrons. The minimum Gasteiger partial charge on any atom is -0.356 e. The Balaban J connectivity index is 2.51. The highest BCUT2D eigenvalue weighted by Gasteiger charge is 2.09. The predicted octanol–water partition coefficient (Wildman–Crippen LogP) is 3.52. The SMILES string of the molecule is CC(=O)NCCCCNC(=O)/C=C(/c1ccc(Br)cc1)C(C)C. The van der Waals surface area contributed by atoms with Crippen LogP contribution in [-0.2, 0) is 9.59 Å². The molecule has 0 aromatic heterocycles. The van der Waals surface area contributed by atoms with Gasteiger partial charge in [-0.3, -0.25) is 9.59 Å². The van der Waals surface area contributed by atoms with Gasteiger partial charge in [-0.05, 0) is 42.0 Å². The first-order chi connectivity index (χ1) is 10.9. The summed E-state index contributed by atoms with van der Waals surface area (Å²) in [6, 6.07) is 7.98. The minimum atomic E-state index is -0.0730. The lowest BCUT2D eigenvalue weighted by molar-refractivity contribution is -0.119. The first-order valence-corrected chi connectivity index (χ1v) is 8.69. The summed E-state index contributed by atoms with van der Waals surface area (Å²) < 4.78 is 1.02. The van der Waals surface area contributed by atoms with Crippen LogP contribution in [0.4, 0.5) is 0 Å². The number of halogens is 1. The van der Waals surface area contributed by atoms with Gasteiger partial charge in [-0.15, -0.1) is 0 Å². The van der Waals surface area contributed by atoms with Gasteiger partial charge in [0.15, 0.2) is 0 Å². The first kappa shape index (κ1) is 19.4. The molecule has 0 unspecified atom stereocenters. The lowest BCUT2D eigenvalue weighted by Gasteiger charge is -2.12. The van der Waals surface area contributed by atoms with E-state index in [9.17, 15) is 9.59 Å². The van der Waals surface area contributed by atoms with Crippen molar-refractivity contribution >= 4 is 33.3 Å². The normalized spacial score (nSPS) is 11.4. The zero-order valence-electron chi connectivity index (χ0n) is 14.0. The van der Waals surface area contributed by atoms with Crippen LogP contribution in [-0.4, -0.2) is 24.9 Å². The maximum absolute atomic E-state index is 12.1. The van der Waals surface area contributed by atoms with Crippen LogP contribution in [0, 0.1) is 5.92 Å². The quantitative estimate of drug-likeness (QED) is 0.535. The van der Waals surface area contributed by atoms with Crippen molar-refractivity contribution in [1.29, 1.82) is 0 Å². The van der Waals surface area contributed by atoms with E-state index >= 15 is 0 Å². The Morgan fingerprint density at radius 3 is 2.17 bits per heavy atom. The summed E-state index contributed by atoms with van der Waals surface area (Å²) in [6.45, 7) is 6.92. The Labute approximate surface area is 146 Å². The molecule has 0 atom stereocenters. The zero-order chi connectivity index (χ0) is 17.2. The lowest BCUT2D eigenvalue weighted by Crippen LogP contribution is -2.25. The van der Waals surface area contributed by atoms with Crippen molar-refractivity contribution < 1.29 is 9.59 Å². The average molecular weight is 381 g/mol. The van der Waals surface area contributed by atoms with E-state index in [-0.39, 0.29) is 17.7 Å². The van der Waals surface area contributed by atoms with E-state index in [1.54, 1.807) is 6.08 Å². The van der Waals surface area contributed by atoms with Crippen molar-refractivity contribution in [2.45, 2.75) is 33.6 Å². The van der Waals surface area contributed by atoms with Crippen molar-refractivity contribution in [2.24, 2.45) is 5.92 Å². The average Bonchev–Trinajstić information content (AvgIpc) is 2.49. The van der Waals surface area contributed by atoms with Crippen LogP contribution in [0.3, 0.4) is 0 Å². The molecular weight excluding hydrogens is 356 g/mol. The van der Waals surface area contributed by atoms with Crippen molar-refractivity contribution in [2.75, 3.05) is 13.1 Å². The van der Waals surface area contributed by atoms with Crippen molar-refractivity contribution in [1.82, 2.24) is 10.6 Å². The smallest absolute Gasteiger partial charge is 0.244 e. The Morgan fingerprint density at radius 2 is 1.65 bits per heavy atom. The highest BCUT2D eigenvalue weighted by molar-refractivity contribution is 9.10. The largest absolute Gasteiger partial charge is 0.356 e. The second kappa shape index (κ2) is 10.2. The molecule has 5 heteroatoms. The molecule has 0 spiro atoms. The van der Waals surface area contributed by atoms with Crippen LogP contribution in [0.2, 0.25) is 0 Å². The number of hydrogen-bond acceptors (Lipinski definition) is 2. The van der Waals surface area contributed by atoms with Crippen LogP contribution < -0.4 is 10.6 Å². The van der Waals surface area contributed by atoms with E-state index in [0.29, 0.717) is 13.1 Å². The number of rotatable bonds is 8. The predicted molar refractivity (Wildman–Crippen MR) is 97.9 cm³/mol. The molecule has 2 amide bonds. The Morgan fingerprint density at radius 1 is 1.09 bits per heavy atom. The van der Waals surface area contributed by atoms with Crippen LogP contribution in [0.5, 0.6) is 0 Å². The molecule has 0 aliphatic rings. The van der Waals surface area contributed by atoms with Gasteiger partial charge in [0, 0.05) is 30.6 Å². The second-order valence-electron chi connectivity index (χ2n) is 5.74. The molecular formula is C18H25BrN2O2. The van der Waals surface area contributed by atoms with Crippen LogP contribution in [0.25, 0.3) is 5.57 Å². The third kappa shape index (κ3) is 7.98. The third-order valence-corrected chi connectivity index (χ3v) is 3.89. The summed E-state index contributed by atoms with van der Waals surface area (Å²) >= 11 is 3.42. The van der Waals surface area contributed by atoms with Crippen LogP contribution >= 0.6 is 15.9 Å². The fourth-order valence-electron chi connectivity index (χ4n) is 2.14. The van der Waals surface area contributed by atoms with E-state index < -0.39 is 0 Å². The summed E-state index contributed by atoms with van der Waals surface area (Å²) in [5.74, 6) is 0.172. The topological polar surface area (TPSA) is 58.2 Å². The number of carbonyl (C=O) groups is 2. The molecule has 0 fully saturated rings. The molecule has 23 heavy (non-hydrogen) atoms. The van der Waals surface area contributed by atoms with Gasteiger partial charge in [-0.1, -0.05) is 41.9 Å². The van der Waals surface area contributed by atoms with Gasteiger partial charge in [0.05, 0.1) is 0 Å². The van der Waals surface area contributed by atoms with Crippen molar-refractivity contribution in [3.05, 3.63) is 40.4 Å². The van der Waals surface area contributed by atoms with E-state index in [4.69, 9.17) is 0 Å². The molecule has 0 aliphatic heterocycles. The molecule has 1 aromatic carbocycles. The third-order valence-electron chi connectivity index (χ3n) is 3.36. The van der Waals surface area contributed by atoms with Gasteiger partial charge in [-0.2, -0.15) is 0 Å². The second-order valence-corrected chi connectivity index (χ2v) is 6.66. The maximum atomic E-state index is 12.1. The van der Waals surface area contributed by atoms with E-state index in [0.717, 1.165) is 28.5 Å². The van der Waals surface area contributed by atoms with Crippen molar-refractivity contribution in [3.8, 4) is 0 Å². The number of allylic oxidation sites excluding steroid dienone is 1. The van der Waals surface area contributed by atoms with E-state index in [1.165, 1.54) is 6.92 Å². The fraction of sp³-hybridized carbons (Fsp3) is 0.444. The van der Waals surface area contributed by atoms with Gasteiger partial charge < -0.3 is 10.6 Å². The van der Waals surface area contributed by atoms with Gasteiger partial charge in [0.25, 0.3) is 0 Å². The van der Waals surface area contributed by atoms with Gasteiger partial charge >= 0.3 is 0 Å². The van der Waals surface area contributed by atoms with Gasteiger partial charge in [0.1, 0.15) is 0 Å². The molecule has 0 saturated heterocycles. The molecule has 1 rings (SSSR count). The Hall–Kier alpha value is -1.62. The standard InChI is InChI=1S/C18H25BrN2O2/c1-13(2)17(15-6-8-16(19)9-7-15)12-18(23)21-11-5-4-10-20-14(3)22/h6-9,12-13H,4-5,10-11H2,1-3H3,(H,20,22)(H,21,23)/b17-12+. The monoisotopic (exact) mass is 380 g/mol. The van der Waals surface area contributed by atoms with E-state index in [2.05, 4.69) is 40.4 Å². The molecule has 0 heterocycles. The fourth-order valence-corrected chi connectivity index (χ4v) is 2.41. The lowest BCUT2D eigenvalue weighted by atomic mass is 9.95. The molecule has 126 valence electrons. The molecule has 0 bridgehead atoms. The highest BCUT2D eigenvalue weighted by atomic mass is 79.9. The summed E-state index contributed by atoms with van der Waals surface area (Å²) in [5, 5.41) is 5.64. The number of benzene rings is 1. The molecule has 0 saturated carbocycles. The number of amides is 2. The molecule has 4 nitrogen and oxygen atoms in total. The summed E-state index contributed by atoms with van der Waals surface area (Å²) in [5.41, 5.74) is 2.08. The summed E-state index contributed by atoms with van der Waals surface area (Å²) in [7, 11) is 0. The number of nitrogens with one attached hydrogen (secondary N) is 2.